The van der Waals surface area contributed by atoms with Crippen molar-refractivity contribution in [2.75, 3.05) is 26.2 Å². The van der Waals surface area contributed by atoms with Gasteiger partial charge in [0.1, 0.15) is 0 Å². The van der Waals surface area contributed by atoms with Crippen LogP contribution in [0, 0.1) is 11.6 Å². The number of benzene rings is 1. The van der Waals surface area contributed by atoms with E-state index in [0.29, 0.717) is 6.07 Å². The van der Waals surface area contributed by atoms with Crippen molar-refractivity contribution >= 4 is 15.9 Å². The van der Waals surface area contributed by atoms with Gasteiger partial charge in [-0.05, 0) is 24.3 Å². The summed E-state index contributed by atoms with van der Waals surface area (Å²) < 4.78 is 54.0. The SMILES string of the molecule is Cn1ccc(C(=O)N2CCN(S(=O)(=O)c3ccc(F)c(F)c3)CC2)cc1=O. The Bertz CT molecular complexity index is 1040. The summed E-state index contributed by atoms with van der Waals surface area (Å²) in [6, 6.07) is 5.16. The van der Waals surface area contributed by atoms with E-state index in [1.165, 1.54) is 27.8 Å². The number of aryl methyl sites for hydroxylation is 1. The van der Waals surface area contributed by atoms with Crippen molar-refractivity contribution in [3.8, 4) is 0 Å². The van der Waals surface area contributed by atoms with Crippen LogP contribution in [-0.4, -0.2) is 54.3 Å². The van der Waals surface area contributed by atoms with Crippen molar-refractivity contribution in [1.29, 1.82) is 0 Å². The number of hydrogen-bond donors (Lipinski definition) is 0. The second-order valence-corrected chi connectivity index (χ2v) is 8.07. The summed E-state index contributed by atoms with van der Waals surface area (Å²) in [6.45, 7) is 0.268. The van der Waals surface area contributed by atoms with Crippen LogP contribution in [0.4, 0.5) is 8.78 Å². The largest absolute Gasteiger partial charge is 0.336 e. The molecule has 27 heavy (non-hydrogen) atoms. The fraction of sp³-hybridized carbons (Fsp3) is 0.294. The van der Waals surface area contributed by atoms with Gasteiger partial charge in [0.15, 0.2) is 11.6 Å². The van der Waals surface area contributed by atoms with E-state index in [4.69, 9.17) is 0 Å². The van der Waals surface area contributed by atoms with Gasteiger partial charge < -0.3 is 9.47 Å². The van der Waals surface area contributed by atoms with Gasteiger partial charge in [0.2, 0.25) is 10.0 Å². The zero-order chi connectivity index (χ0) is 19.8. The van der Waals surface area contributed by atoms with Gasteiger partial charge in [-0.25, -0.2) is 17.2 Å². The van der Waals surface area contributed by atoms with E-state index in [0.717, 1.165) is 16.4 Å². The van der Waals surface area contributed by atoms with Crippen molar-refractivity contribution in [2.24, 2.45) is 7.05 Å². The highest BCUT2D eigenvalue weighted by molar-refractivity contribution is 7.89. The molecule has 0 N–H and O–H groups in total. The Morgan fingerprint density at radius 3 is 2.26 bits per heavy atom. The maximum atomic E-state index is 13.4. The van der Waals surface area contributed by atoms with E-state index in [1.807, 2.05) is 0 Å². The van der Waals surface area contributed by atoms with E-state index < -0.39 is 21.7 Å². The van der Waals surface area contributed by atoms with Gasteiger partial charge in [-0.3, -0.25) is 9.59 Å². The summed E-state index contributed by atoms with van der Waals surface area (Å²) in [5, 5.41) is 0. The van der Waals surface area contributed by atoms with Gasteiger partial charge in [-0.15, -0.1) is 0 Å². The summed E-state index contributed by atoms with van der Waals surface area (Å²) in [7, 11) is -2.42. The molecule has 2 aromatic rings. The van der Waals surface area contributed by atoms with E-state index in [-0.39, 0.29) is 48.1 Å². The molecule has 0 radical (unpaired) electrons. The molecule has 1 amide bonds. The highest BCUT2D eigenvalue weighted by Gasteiger charge is 2.31. The molecule has 1 aliphatic rings. The average molecular weight is 397 g/mol. The minimum Gasteiger partial charge on any atom is -0.336 e. The third-order valence-electron chi connectivity index (χ3n) is 4.41. The maximum Gasteiger partial charge on any atom is 0.254 e. The number of carbonyl (C=O) groups is 1. The van der Waals surface area contributed by atoms with Gasteiger partial charge in [-0.2, -0.15) is 4.31 Å². The van der Waals surface area contributed by atoms with E-state index in [2.05, 4.69) is 0 Å². The molecule has 1 aromatic heterocycles. The van der Waals surface area contributed by atoms with Crippen LogP contribution in [0.5, 0.6) is 0 Å². The lowest BCUT2D eigenvalue weighted by atomic mass is 10.2. The van der Waals surface area contributed by atoms with Crippen molar-refractivity contribution in [2.45, 2.75) is 4.90 Å². The number of amides is 1. The predicted molar refractivity (Wildman–Crippen MR) is 92.7 cm³/mol. The fourth-order valence-corrected chi connectivity index (χ4v) is 4.22. The molecule has 1 fully saturated rings. The molecule has 2 heterocycles. The Morgan fingerprint density at radius 2 is 1.67 bits per heavy atom. The lowest BCUT2D eigenvalue weighted by Gasteiger charge is -2.34. The Labute approximate surface area is 154 Å². The van der Waals surface area contributed by atoms with Crippen LogP contribution in [0.15, 0.2) is 46.2 Å². The second-order valence-electron chi connectivity index (χ2n) is 6.14. The molecular formula is C17H17F2N3O4S. The van der Waals surface area contributed by atoms with Crippen molar-refractivity contribution in [3.63, 3.8) is 0 Å². The summed E-state index contributed by atoms with van der Waals surface area (Å²) in [5.41, 5.74) is -0.0876. The van der Waals surface area contributed by atoms with Gasteiger partial charge in [0.25, 0.3) is 11.5 Å². The molecule has 144 valence electrons. The predicted octanol–water partition coefficient (Wildman–Crippen LogP) is 0.810. The van der Waals surface area contributed by atoms with Crippen LogP contribution in [0.1, 0.15) is 10.4 Å². The number of nitrogens with zero attached hydrogens (tertiary/aromatic N) is 3. The number of carbonyl (C=O) groups excluding carboxylic acids is 1. The Morgan fingerprint density at radius 1 is 1.00 bits per heavy atom. The molecule has 0 atom stereocenters. The number of pyridine rings is 1. The molecular weight excluding hydrogens is 380 g/mol. The number of hydrogen-bond acceptors (Lipinski definition) is 4. The van der Waals surface area contributed by atoms with Crippen LogP contribution in [0.2, 0.25) is 0 Å². The molecule has 1 aliphatic heterocycles. The molecule has 10 heteroatoms. The summed E-state index contributed by atoms with van der Waals surface area (Å²) in [4.78, 5) is 25.3. The summed E-state index contributed by atoms with van der Waals surface area (Å²) in [5.74, 6) is -2.73. The topological polar surface area (TPSA) is 79.7 Å². The lowest BCUT2D eigenvalue weighted by molar-refractivity contribution is 0.0697. The molecule has 0 aliphatic carbocycles. The molecule has 1 aromatic carbocycles. The number of aromatic nitrogens is 1. The Balaban J connectivity index is 1.72. The van der Waals surface area contributed by atoms with Gasteiger partial charge in [-0.1, -0.05) is 0 Å². The van der Waals surface area contributed by atoms with Gasteiger partial charge >= 0.3 is 0 Å². The van der Waals surface area contributed by atoms with Gasteiger partial charge in [0, 0.05) is 51.1 Å². The molecule has 0 spiro atoms. The third kappa shape index (κ3) is 3.76. The zero-order valence-electron chi connectivity index (χ0n) is 14.4. The number of rotatable bonds is 3. The van der Waals surface area contributed by atoms with Crippen LogP contribution >= 0.6 is 0 Å². The molecule has 0 bridgehead atoms. The third-order valence-corrected chi connectivity index (χ3v) is 6.30. The van der Waals surface area contributed by atoms with Crippen molar-refractivity contribution < 1.29 is 22.0 Å². The molecule has 3 rings (SSSR count). The first-order chi connectivity index (χ1) is 12.7. The maximum absolute atomic E-state index is 13.4. The molecule has 0 saturated carbocycles. The van der Waals surface area contributed by atoms with Gasteiger partial charge in [0.05, 0.1) is 4.90 Å². The number of piperazine rings is 1. The zero-order valence-corrected chi connectivity index (χ0v) is 15.2. The highest BCUT2D eigenvalue weighted by atomic mass is 32.2. The lowest BCUT2D eigenvalue weighted by Crippen LogP contribution is -2.50. The Kier molecular flexibility index (Phi) is 5.11. The first kappa shape index (κ1) is 19.2. The number of halogens is 2. The molecule has 0 unspecified atom stereocenters. The van der Waals surface area contributed by atoms with Crippen LogP contribution < -0.4 is 5.56 Å². The molecule has 1 saturated heterocycles. The van der Waals surface area contributed by atoms with E-state index in [9.17, 15) is 26.8 Å². The fourth-order valence-electron chi connectivity index (χ4n) is 2.78. The van der Waals surface area contributed by atoms with E-state index in [1.54, 1.807) is 7.05 Å². The van der Waals surface area contributed by atoms with Crippen molar-refractivity contribution in [1.82, 2.24) is 13.8 Å². The minimum atomic E-state index is -3.99. The second kappa shape index (κ2) is 7.20. The van der Waals surface area contributed by atoms with Crippen LogP contribution in [0.25, 0.3) is 0 Å². The molecule has 7 nitrogen and oxygen atoms in total. The highest BCUT2D eigenvalue weighted by Crippen LogP contribution is 2.20. The van der Waals surface area contributed by atoms with E-state index >= 15 is 0 Å². The average Bonchev–Trinajstić information content (AvgIpc) is 2.65. The first-order valence-electron chi connectivity index (χ1n) is 8.11. The summed E-state index contributed by atoms with van der Waals surface area (Å²) in [6.07, 6.45) is 1.49. The first-order valence-corrected chi connectivity index (χ1v) is 9.55. The summed E-state index contributed by atoms with van der Waals surface area (Å²) >= 11 is 0. The quantitative estimate of drug-likeness (QED) is 0.768. The Hall–Kier alpha value is -2.59. The van der Waals surface area contributed by atoms with Crippen LogP contribution in [0.3, 0.4) is 0 Å². The number of sulfonamides is 1. The normalized spacial score (nSPS) is 15.7. The minimum absolute atomic E-state index is 0.0118. The standard InChI is InChI=1S/C17H17F2N3O4S/c1-20-5-4-12(10-16(20)23)17(24)21-6-8-22(9-7-21)27(25,26)13-2-3-14(18)15(19)11-13/h2-5,10-11H,6-9H2,1H3. The van der Waals surface area contributed by atoms with Crippen molar-refractivity contribution in [3.05, 3.63) is 64.1 Å². The van der Waals surface area contributed by atoms with Crippen LogP contribution in [-0.2, 0) is 17.1 Å². The smallest absolute Gasteiger partial charge is 0.254 e. The monoisotopic (exact) mass is 397 g/mol.